The van der Waals surface area contributed by atoms with Crippen LogP contribution in [0.15, 0.2) is 48.7 Å². The van der Waals surface area contributed by atoms with Crippen molar-refractivity contribution in [2.45, 2.75) is 32.0 Å². The van der Waals surface area contributed by atoms with Crippen LogP contribution in [0.3, 0.4) is 0 Å². The molecule has 2 atom stereocenters. The second kappa shape index (κ2) is 8.49. The number of halogens is 2. The van der Waals surface area contributed by atoms with Gasteiger partial charge in [-0.25, -0.2) is 0 Å². The number of aromatic nitrogens is 3. The maximum Gasteiger partial charge on any atom is 0.238 e. The molecule has 8 heteroatoms. The highest BCUT2D eigenvalue weighted by molar-refractivity contribution is 5.85. The Labute approximate surface area is 164 Å². The van der Waals surface area contributed by atoms with Gasteiger partial charge in [0.1, 0.15) is 0 Å². The standard InChI is InChI=1S/C18H19N5O.2ClH/c1-12(17-22-21-16-8-4-5-9-23(16)17)20-18(24)15-10-13-6-2-3-7-14(13)11-19-15;;/h2-9,12,15,19H,10-11H2,1H3,(H,20,24);2*1H. The third-order valence-corrected chi connectivity index (χ3v) is 4.48. The summed E-state index contributed by atoms with van der Waals surface area (Å²) in [6, 6.07) is 13.5. The highest BCUT2D eigenvalue weighted by Crippen LogP contribution is 2.17. The van der Waals surface area contributed by atoms with Crippen molar-refractivity contribution in [2.75, 3.05) is 0 Å². The number of nitrogens with zero attached hydrogens (tertiary/aromatic N) is 3. The molecule has 6 nitrogen and oxygen atoms in total. The Morgan fingerprint density at radius 1 is 1.15 bits per heavy atom. The Hall–Kier alpha value is -2.15. The van der Waals surface area contributed by atoms with Crippen molar-refractivity contribution in [1.82, 2.24) is 25.2 Å². The third-order valence-electron chi connectivity index (χ3n) is 4.48. The SMILES string of the molecule is CC(NC(=O)C1Cc2ccccc2CN1)c1nnc2ccccn12.Cl.Cl. The topological polar surface area (TPSA) is 71.3 Å². The van der Waals surface area contributed by atoms with Crippen molar-refractivity contribution >= 4 is 36.4 Å². The van der Waals surface area contributed by atoms with E-state index in [1.165, 1.54) is 11.1 Å². The Bertz CT molecular complexity index is 898. The van der Waals surface area contributed by atoms with Crippen LogP contribution in [0.25, 0.3) is 5.65 Å². The fourth-order valence-corrected chi connectivity index (χ4v) is 3.17. The summed E-state index contributed by atoms with van der Waals surface area (Å²) in [5, 5.41) is 14.7. The average Bonchev–Trinajstić information content (AvgIpc) is 3.05. The molecule has 138 valence electrons. The Morgan fingerprint density at radius 2 is 1.88 bits per heavy atom. The van der Waals surface area contributed by atoms with E-state index in [4.69, 9.17) is 0 Å². The minimum atomic E-state index is -0.221. The van der Waals surface area contributed by atoms with E-state index in [0.717, 1.165) is 18.0 Å². The van der Waals surface area contributed by atoms with Crippen LogP contribution in [0.2, 0.25) is 0 Å². The number of rotatable bonds is 3. The molecule has 1 aliphatic rings. The maximum atomic E-state index is 12.6. The van der Waals surface area contributed by atoms with E-state index in [1.807, 2.05) is 47.9 Å². The Morgan fingerprint density at radius 3 is 2.69 bits per heavy atom. The summed E-state index contributed by atoms with van der Waals surface area (Å²) in [5.41, 5.74) is 3.27. The van der Waals surface area contributed by atoms with Gasteiger partial charge in [0.25, 0.3) is 0 Å². The van der Waals surface area contributed by atoms with E-state index in [9.17, 15) is 4.79 Å². The molecule has 0 fully saturated rings. The highest BCUT2D eigenvalue weighted by Gasteiger charge is 2.26. The normalized spacial score (nSPS) is 16.7. The van der Waals surface area contributed by atoms with E-state index in [-0.39, 0.29) is 42.8 Å². The molecule has 0 saturated heterocycles. The van der Waals surface area contributed by atoms with Crippen LogP contribution in [-0.4, -0.2) is 26.5 Å². The molecule has 4 rings (SSSR count). The summed E-state index contributed by atoms with van der Waals surface area (Å²) in [4.78, 5) is 12.6. The number of benzene rings is 1. The van der Waals surface area contributed by atoms with Crippen molar-refractivity contribution in [1.29, 1.82) is 0 Å². The van der Waals surface area contributed by atoms with Gasteiger partial charge < -0.3 is 10.6 Å². The zero-order chi connectivity index (χ0) is 16.5. The zero-order valence-corrected chi connectivity index (χ0v) is 15.9. The van der Waals surface area contributed by atoms with Crippen molar-refractivity contribution in [2.24, 2.45) is 0 Å². The van der Waals surface area contributed by atoms with Crippen LogP contribution in [-0.2, 0) is 17.8 Å². The molecule has 2 aromatic heterocycles. The first-order chi connectivity index (χ1) is 11.7. The summed E-state index contributed by atoms with van der Waals surface area (Å²) in [7, 11) is 0. The number of amides is 1. The van der Waals surface area contributed by atoms with E-state index in [2.05, 4.69) is 33.0 Å². The van der Waals surface area contributed by atoms with Crippen molar-refractivity contribution in [3.63, 3.8) is 0 Å². The predicted octanol–water partition coefficient (Wildman–Crippen LogP) is 2.46. The van der Waals surface area contributed by atoms with E-state index in [0.29, 0.717) is 6.42 Å². The molecule has 1 aliphatic heterocycles. The van der Waals surface area contributed by atoms with E-state index >= 15 is 0 Å². The summed E-state index contributed by atoms with van der Waals surface area (Å²) >= 11 is 0. The molecule has 26 heavy (non-hydrogen) atoms. The highest BCUT2D eigenvalue weighted by atomic mass is 35.5. The van der Waals surface area contributed by atoms with Gasteiger partial charge in [-0.3, -0.25) is 9.20 Å². The number of nitrogens with one attached hydrogen (secondary N) is 2. The minimum absolute atomic E-state index is 0. The molecule has 0 radical (unpaired) electrons. The molecule has 1 amide bonds. The summed E-state index contributed by atoms with van der Waals surface area (Å²) in [6.45, 7) is 2.65. The smallest absolute Gasteiger partial charge is 0.238 e. The average molecular weight is 394 g/mol. The van der Waals surface area contributed by atoms with Crippen molar-refractivity contribution < 1.29 is 4.79 Å². The largest absolute Gasteiger partial charge is 0.345 e. The van der Waals surface area contributed by atoms with Gasteiger partial charge in [0.05, 0.1) is 12.1 Å². The molecule has 0 saturated carbocycles. The molecule has 2 N–H and O–H groups in total. The fraction of sp³-hybridized carbons (Fsp3) is 0.278. The van der Waals surface area contributed by atoms with Gasteiger partial charge in [0.2, 0.25) is 5.91 Å². The molecular formula is C18H21Cl2N5O. The number of carbonyl (C=O) groups excluding carboxylic acids is 1. The van der Waals surface area contributed by atoms with Crippen LogP contribution >= 0.6 is 24.8 Å². The van der Waals surface area contributed by atoms with Gasteiger partial charge in [-0.1, -0.05) is 30.3 Å². The molecule has 3 heterocycles. The zero-order valence-electron chi connectivity index (χ0n) is 14.3. The van der Waals surface area contributed by atoms with Gasteiger partial charge in [-0.05, 0) is 36.6 Å². The van der Waals surface area contributed by atoms with E-state index < -0.39 is 0 Å². The van der Waals surface area contributed by atoms with E-state index in [1.54, 1.807) is 0 Å². The lowest BCUT2D eigenvalue weighted by molar-refractivity contribution is -0.124. The van der Waals surface area contributed by atoms with Crippen LogP contribution in [0.1, 0.15) is 29.9 Å². The molecule has 0 bridgehead atoms. The third kappa shape index (κ3) is 3.82. The lowest BCUT2D eigenvalue weighted by Crippen LogP contribution is -2.48. The second-order valence-corrected chi connectivity index (χ2v) is 6.12. The quantitative estimate of drug-likeness (QED) is 0.716. The van der Waals surface area contributed by atoms with Crippen LogP contribution < -0.4 is 10.6 Å². The number of hydrogen-bond acceptors (Lipinski definition) is 4. The monoisotopic (exact) mass is 393 g/mol. The maximum absolute atomic E-state index is 12.6. The molecule has 1 aromatic carbocycles. The van der Waals surface area contributed by atoms with Gasteiger partial charge in [-0.15, -0.1) is 35.0 Å². The first-order valence-corrected chi connectivity index (χ1v) is 8.12. The molecular weight excluding hydrogens is 373 g/mol. The Kier molecular flexibility index (Phi) is 6.58. The fourth-order valence-electron chi connectivity index (χ4n) is 3.17. The number of carbonyl (C=O) groups is 1. The number of fused-ring (bicyclic) bond motifs is 2. The molecule has 2 unspecified atom stereocenters. The predicted molar refractivity (Wildman–Crippen MR) is 105 cm³/mol. The van der Waals surface area contributed by atoms with Crippen LogP contribution in [0.4, 0.5) is 0 Å². The number of pyridine rings is 1. The lowest BCUT2D eigenvalue weighted by atomic mass is 9.95. The van der Waals surface area contributed by atoms with Crippen LogP contribution in [0.5, 0.6) is 0 Å². The first kappa shape index (κ1) is 20.2. The lowest BCUT2D eigenvalue weighted by Gasteiger charge is -2.26. The van der Waals surface area contributed by atoms with Crippen molar-refractivity contribution in [3.05, 3.63) is 65.6 Å². The molecule has 0 spiro atoms. The van der Waals surface area contributed by atoms with Gasteiger partial charge >= 0.3 is 0 Å². The van der Waals surface area contributed by atoms with Gasteiger partial charge in [-0.2, -0.15) is 0 Å². The molecule has 0 aliphatic carbocycles. The second-order valence-electron chi connectivity index (χ2n) is 6.12. The molecule has 3 aromatic rings. The van der Waals surface area contributed by atoms with Gasteiger partial charge in [0.15, 0.2) is 11.5 Å². The van der Waals surface area contributed by atoms with Crippen molar-refractivity contribution in [3.8, 4) is 0 Å². The first-order valence-electron chi connectivity index (χ1n) is 8.12. The summed E-state index contributed by atoms with van der Waals surface area (Å²) in [5.74, 6) is 0.722. The van der Waals surface area contributed by atoms with Gasteiger partial charge in [0, 0.05) is 12.7 Å². The Balaban J connectivity index is 0.00000121. The summed E-state index contributed by atoms with van der Waals surface area (Å²) in [6.07, 6.45) is 2.61. The van der Waals surface area contributed by atoms with Crippen LogP contribution in [0, 0.1) is 0 Å². The number of hydrogen-bond donors (Lipinski definition) is 2. The minimum Gasteiger partial charge on any atom is -0.345 e. The summed E-state index contributed by atoms with van der Waals surface area (Å²) < 4.78 is 1.90.